The van der Waals surface area contributed by atoms with Crippen LogP contribution in [0.5, 0.6) is 5.75 Å². The first kappa shape index (κ1) is 14.2. The molecule has 19 heavy (non-hydrogen) atoms. The molecular formula is C14H15ClN2OS. The van der Waals surface area contributed by atoms with Crippen LogP contribution in [0.25, 0.3) is 0 Å². The molecule has 1 aromatic heterocycles. The zero-order valence-corrected chi connectivity index (χ0v) is 12.0. The van der Waals surface area contributed by atoms with E-state index in [1.165, 1.54) is 0 Å². The van der Waals surface area contributed by atoms with Gasteiger partial charge in [0.15, 0.2) is 0 Å². The summed E-state index contributed by atoms with van der Waals surface area (Å²) in [5, 5.41) is 1.52. The van der Waals surface area contributed by atoms with Crippen molar-refractivity contribution in [1.82, 2.24) is 4.98 Å². The fraction of sp³-hybridized carbons (Fsp3) is 0.214. The van der Waals surface area contributed by atoms with Crippen LogP contribution in [0.15, 0.2) is 47.6 Å². The molecular weight excluding hydrogens is 280 g/mol. The minimum absolute atomic E-state index is 0.550. The molecule has 0 saturated heterocycles. The van der Waals surface area contributed by atoms with Crippen LogP contribution in [0.2, 0.25) is 5.02 Å². The van der Waals surface area contributed by atoms with Gasteiger partial charge in [0, 0.05) is 18.5 Å². The van der Waals surface area contributed by atoms with E-state index in [1.54, 1.807) is 18.0 Å². The van der Waals surface area contributed by atoms with Crippen LogP contribution in [0, 0.1) is 0 Å². The van der Waals surface area contributed by atoms with Crippen molar-refractivity contribution in [1.29, 1.82) is 0 Å². The number of hydrogen-bond donors (Lipinski definition) is 1. The summed E-state index contributed by atoms with van der Waals surface area (Å²) in [6.07, 6.45) is 1.74. The summed E-state index contributed by atoms with van der Waals surface area (Å²) in [4.78, 5) is 4.21. The van der Waals surface area contributed by atoms with E-state index in [4.69, 9.17) is 22.1 Å². The Bertz CT molecular complexity index is 519. The number of hydrogen-bond acceptors (Lipinski definition) is 4. The number of halogens is 1. The average Bonchev–Trinajstić information content (AvgIpc) is 2.46. The smallest absolute Gasteiger partial charge is 0.119 e. The largest absolute Gasteiger partial charge is 0.493 e. The van der Waals surface area contributed by atoms with Crippen LogP contribution >= 0.6 is 23.4 Å². The highest BCUT2D eigenvalue weighted by Crippen LogP contribution is 2.23. The van der Waals surface area contributed by atoms with Crippen molar-refractivity contribution in [2.75, 3.05) is 12.4 Å². The molecule has 0 amide bonds. The topological polar surface area (TPSA) is 48.1 Å². The van der Waals surface area contributed by atoms with Gasteiger partial charge in [-0.3, -0.25) is 0 Å². The van der Waals surface area contributed by atoms with Crippen LogP contribution in [-0.4, -0.2) is 17.3 Å². The van der Waals surface area contributed by atoms with Crippen molar-refractivity contribution in [3.8, 4) is 5.75 Å². The normalized spacial score (nSPS) is 10.4. The molecule has 0 aliphatic heterocycles. The fourth-order valence-corrected chi connectivity index (χ4v) is 2.48. The second-order valence-electron chi connectivity index (χ2n) is 3.84. The second kappa shape index (κ2) is 7.38. The van der Waals surface area contributed by atoms with Gasteiger partial charge in [0.25, 0.3) is 0 Å². The number of nitrogens with zero attached hydrogens (tertiary/aromatic N) is 1. The first-order chi connectivity index (χ1) is 9.29. The maximum absolute atomic E-state index is 6.02. The summed E-state index contributed by atoms with van der Waals surface area (Å²) >= 11 is 7.60. The lowest BCUT2D eigenvalue weighted by Gasteiger charge is -2.07. The van der Waals surface area contributed by atoms with E-state index >= 15 is 0 Å². The number of nitrogens with two attached hydrogens (primary N) is 1. The fourth-order valence-electron chi connectivity index (χ4n) is 1.50. The Kier molecular flexibility index (Phi) is 5.51. The molecule has 2 aromatic rings. The van der Waals surface area contributed by atoms with Crippen molar-refractivity contribution in [2.24, 2.45) is 5.73 Å². The van der Waals surface area contributed by atoms with Gasteiger partial charge in [0.2, 0.25) is 0 Å². The number of benzene rings is 1. The lowest BCUT2D eigenvalue weighted by Crippen LogP contribution is -2.01. The zero-order valence-electron chi connectivity index (χ0n) is 10.4. The Balaban J connectivity index is 1.76. The van der Waals surface area contributed by atoms with E-state index in [1.807, 2.05) is 36.4 Å². The Morgan fingerprint density at radius 1 is 1.21 bits per heavy atom. The van der Waals surface area contributed by atoms with Gasteiger partial charge < -0.3 is 10.5 Å². The second-order valence-corrected chi connectivity index (χ2v) is 5.33. The van der Waals surface area contributed by atoms with Gasteiger partial charge >= 0.3 is 0 Å². The Labute approximate surface area is 122 Å². The Hall–Kier alpha value is -1.23. The molecule has 5 heteroatoms. The molecule has 0 aliphatic carbocycles. The van der Waals surface area contributed by atoms with E-state index in [9.17, 15) is 0 Å². The van der Waals surface area contributed by atoms with E-state index in [2.05, 4.69) is 4.98 Å². The van der Waals surface area contributed by atoms with E-state index < -0.39 is 0 Å². The third-order valence-corrected chi connectivity index (χ3v) is 3.86. The first-order valence-corrected chi connectivity index (χ1v) is 7.31. The lowest BCUT2D eigenvalue weighted by atomic mass is 10.2. The van der Waals surface area contributed by atoms with Crippen molar-refractivity contribution < 1.29 is 4.74 Å². The van der Waals surface area contributed by atoms with E-state index in [0.29, 0.717) is 18.2 Å². The van der Waals surface area contributed by atoms with Crippen LogP contribution in [-0.2, 0) is 6.54 Å². The number of pyridine rings is 1. The average molecular weight is 295 g/mol. The highest BCUT2D eigenvalue weighted by atomic mass is 35.5. The van der Waals surface area contributed by atoms with Crippen molar-refractivity contribution >= 4 is 23.4 Å². The third-order valence-electron chi connectivity index (χ3n) is 2.47. The molecule has 3 nitrogen and oxygen atoms in total. The number of aromatic nitrogens is 1. The molecule has 2 N–H and O–H groups in total. The van der Waals surface area contributed by atoms with Gasteiger partial charge in [-0.25, -0.2) is 4.98 Å². The van der Waals surface area contributed by atoms with Gasteiger partial charge in [-0.05, 0) is 29.8 Å². The maximum atomic E-state index is 6.02. The molecule has 0 radical (unpaired) electrons. The first-order valence-electron chi connectivity index (χ1n) is 5.94. The molecule has 1 heterocycles. The van der Waals surface area contributed by atoms with Crippen LogP contribution < -0.4 is 10.5 Å². The summed E-state index contributed by atoms with van der Waals surface area (Å²) in [6, 6.07) is 11.5. The van der Waals surface area contributed by atoms with Gasteiger partial charge in [-0.1, -0.05) is 23.7 Å². The standard InChI is InChI=1S/C14H15ClN2OS/c15-13-2-1-7-17-14(13)19-9-8-18-12-5-3-11(10-16)4-6-12/h1-7H,8-10,16H2. The summed E-state index contributed by atoms with van der Waals surface area (Å²) < 4.78 is 5.63. The third kappa shape index (κ3) is 4.42. The zero-order chi connectivity index (χ0) is 13.5. The highest BCUT2D eigenvalue weighted by molar-refractivity contribution is 7.99. The Morgan fingerprint density at radius 3 is 2.68 bits per heavy atom. The van der Waals surface area contributed by atoms with Crippen molar-refractivity contribution in [2.45, 2.75) is 11.6 Å². The SMILES string of the molecule is NCc1ccc(OCCSc2ncccc2Cl)cc1. The van der Waals surface area contributed by atoms with Crippen LogP contribution in [0.1, 0.15) is 5.56 Å². The summed E-state index contributed by atoms with van der Waals surface area (Å²) in [6.45, 7) is 1.16. The lowest BCUT2D eigenvalue weighted by molar-refractivity contribution is 0.344. The quantitative estimate of drug-likeness (QED) is 0.655. The molecule has 0 atom stereocenters. The molecule has 100 valence electrons. The molecule has 0 saturated carbocycles. The summed E-state index contributed by atoms with van der Waals surface area (Å²) in [5.41, 5.74) is 6.64. The molecule has 0 bridgehead atoms. The molecule has 0 fully saturated rings. The number of thioether (sulfide) groups is 1. The minimum Gasteiger partial charge on any atom is -0.493 e. The summed E-state index contributed by atoms with van der Waals surface area (Å²) in [5.74, 6) is 1.65. The molecule has 2 rings (SSSR count). The molecule has 1 aromatic carbocycles. The van der Waals surface area contributed by atoms with Gasteiger partial charge in [0.1, 0.15) is 10.8 Å². The van der Waals surface area contributed by atoms with Gasteiger partial charge in [-0.15, -0.1) is 11.8 Å². The highest BCUT2D eigenvalue weighted by Gasteiger charge is 2.01. The van der Waals surface area contributed by atoms with Gasteiger partial charge in [0.05, 0.1) is 11.6 Å². The minimum atomic E-state index is 0.550. The number of ether oxygens (including phenoxy) is 1. The number of rotatable bonds is 6. The Morgan fingerprint density at radius 2 is 2.00 bits per heavy atom. The van der Waals surface area contributed by atoms with Crippen LogP contribution in [0.4, 0.5) is 0 Å². The monoisotopic (exact) mass is 294 g/mol. The predicted octanol–water partition coefficient (Wildman–Crippen LogP) is 3.36. The van der Waals surface area contributed by atoms with Gasteiger partial charge in [-0.2, -0.15) is 0 Å². The molecule has 0 aliphatic rings. The summed E-state index contributed by atoms with van der Waals surface area (Å²) in [7, 11) is 0. The van der Waals surface area contributed by atoms with Crippen LogP contribution in [0.3, 0.4) is 0 Å². The van der Waals surface area contributed by atoms with Crippen molar-refractivity contribution in [3.05, 3.63) is 53.2 Å². The molecule has 0 unspecified atom stereocenters. The van der Waals surface area contributed by atoms with E-state index in [0.717, 1.165) is 22.1 Å². The van der Waals surface area contributed by atoms with E-state index in [-0.39, 0.29) is 0 Å². The van der Waals surface area contributed by atoms with Crippen molar-refractivity contribution in [3.63, 3.8) is 0 Å². The predicted molar refractivity (Wildman–Crippen MR) is 79.8 cm³/mol. The maximum Gasteiger partial charge on any atom is 0.119 e. The molecule has 0 spiro atoms.